The van der Waals surface area contributed by atoms with Gasteiger partial charge in [-0.2, -0.15) is 0 Å². The molecule has 0 aromatic heterocycles. The summed E-state index contributed by atoms with van der Waals surface area (Å²) >= 11 is 0. The van der Waals surface area contributed by atoms with Gasteiger partial charge in [0.15, 0.2) is 5.76 Å². The highest BCUT2D eigenvalue weighted by molar-refractivity contribution is 6.04. The van der Waals surface area contributed by atoms with Gasteiger partial charge in [0, 0.05) is 67.2 Å². The summed E-state index contributed by atoms with van der Waals surface area (Å²) < 4.78 is 5.46. The van der Waals surface area contributed by atoms with Gasteiger partial charge in [-0.1, -0.05) is 11.8 Å². The summed E-state index contributed by atoms with van der Waals surface area (Å²) in [7, 11) is 0. The lowest BCUT2D eigenvalue weighted by Gasteiger charge is -2.40. The van der Waals surface area contributed by atoms with Gasteiger partial charge in [0.1, 0.15) is 5.70 Å². The number of piperidine rings is 1. The van der Waals surface area contributed by atoms with E-state index in [1.807, 2.05) is 53.4 Å². The lowest BCUT2D eigenvalue weighted by atomic mass is 10.0. The highest BCUT2D eigenvalue weighted by Gasteiger charge is 2.28. The van der Waals surface area contributed by atoms with E-state index in [-0.39, 0.29) is 30.4 Å². The molecule has 3 aliphatic heterocycles. The minimum absolute atomic E-state index is 0.0751. The van der Waals surface area contributed by atoms with Crippen molar-refractivity contribution in [2.75, 3.05) is 51.3 Å². The Bertz CT molecular complexity index is 1410. The summed E-state index contributed by atoms with van der Waals surface area (Å²) in [4.78, 5) is 33.1. The summed E-state index contributed by atoms with van der Waals surface area (Å²) in [5, 5.41) is 13.0. The number of Topliss-reactive ketones (excluding diaryl/α,β-unsaturated/α-hetero) is 1. The topological polar surface area (TPSA) is 94.5 Å². The summed E-state index contributed by atoms with van der Waals surface area (Å²) in [6.07, 6.45) is 3.65. The lowest BCUT2D eigenvalue weighted by molar-refractivity contribution is -0.117. The molecule has 0 spiro atoms. The standard InChI is InChI=1S/C32H32N4O4/c37-30-13-16-33-29(31(30)38)23-34-27-11-7-25(8-12-27)4-2-1-3-24-5-9-26(10-6-24)32(39)36-17-14-28(15-18-36)35-19-21-40-22-20-35/h5-12,16,28,34,38H,13-15,17-23H2. The van der Waals surface area contributed by atoms with E-state index in [2.05, 4.69) is 38.9 Å². The molecular weight excluding hydrogens is 504 g/mol. The molecule has 0 radical (unpaired) electrons. The van der Waals surface area contributed by atoms with E-state index >= 15 is 0 Å². The Hall–Kier alpha value is -4.37. The van der Waals surface area contributed by atoms with Gasteiger partial charge < -0.3 is 20.1 Å². The average Bonchev–Trinajstić information content (AvgIpc) is 3.01. The fourth-order valence-corrected chi connectivity index (χ4v) is 5.01. The number of hydrogen-bond donors (Lipinski definition) is 2. The number of nitrogens with zero attached hydrogens (tertiary/aromatic N) is 3. The number of rotatable bonds is 5. The number of allylic oxidation sites excluding steroid dienone is 1. The summed E-state index contributed by atoms with van der Waals surface area (Å²) in [5.41, 5.74) is 3.45. The van der Waals surface area contributed by atoms with Crippen LogP contribution in [0.4, 0.5) is 5.69 Å². The fraction of sp³-hybridized carbons (Fsp3) is 0.344. The molecule has 0 atom stereocenters. The third kappa shape index (κ3) is 6.98. The second-order valence-corrected chi connectivity index (χ2v) is 9.91. The number of carbonyl (C=O) groups is 2. The minimum Gasteiger partial charge on any atom is -0.503 e. The molecule has 204 valence electrons. The van der Waals surface area contributed by atoms with Gasteiger partial charge in [-0.3, -0.25) is 19.5 Å². The molecule has 0 aliphatic carbocycles. The Morgan fingerprint density at radius 1 is 0.950 bits per heavy atom. The van der Waals surface area contributed by atoms with Crippen LogP contribution < -0.4 is 5.32 Å². The number of aliphatic hydroxyl groups is 1. The maximum atomic E-state index is 13.0. The van der Waals surface area contributed by atoms with E-state index in [9.17, 15) is 14.7 Å². The molecular formula is C32H32N4O4. The Balaban J connectivity index is 1.09. The molecule has 3 heterocycles. The number of likely N-dealkylation sites (tertiary alicyclic amines) is 1. The Morgan fingerprint density at radius 2 is 1.57 bits per heavy atom. The predicted octanol–water partition coefficient (Wildman–Crippen LogP) is 3.25. The van der Waals surface area contributed by atoms with Crippen LogP contribution in [0.1, 0.15) is 40.7 Å². The molecule has 0 unspecified atom stereocenters. The number of anilines is 1. The van der Waals surface area contributed by atoms with Crippen molar-refractivity contribution in [1.29, 1.82) is 0 Å². The first kappa shape index (κ1) is 27.2. The number of morpholine rings is 1. The van der Waals surface area contributed by atoms with E-state index in [1.54, 1.807) is 0 Å². The van der Waals surface area contributed by atoms with Crippen molar-refractivity contribution in [1.82, 2.24) is 9.80 Å². The van der Waals surface area contributed by atoms with E-state index < -0.39 is 0 Å². The maximum absolute atomic E-state index is 13.0. The van der Waals surface area contributed by atoms with Crippen LogP contribution in [0.15, 0.2) is 65.0 Å². The number of ether oxygens (including phenoxy) is 1. The number of ketones is 1. The molecule has 2 aromatic rings. The lowest BCUT2D eigenvalue weighted by Crippen LogP contribution is -2.50. The van der Waals surface area contributed by atoms with Crippen LogP contribution in [0.2, 0.25) is 0 Å². The van der Waals surface area contributed by atoms with Crippen molar-refractivity contribution in [3.8, 4) is 23.7 Å². The minimum atomic E-state index is -0.321. The SMILES string of the molecule is O=C1CC=NC(CNc2ccc(C#CC#Cc3ccc(C(=O)N4CCC(N5CCOCC5)CC4)cc3)cc2)=C1O. The molecule has 2 fully saturated rings. The van der Waals surface area contributed by atoms with E-state index in [0.717, 1.165) is 69.0 Å². The van der Waals surface area contributed by atoms with Crippen LogP contribution in [0.5, 0.6) is 0 Å². The highest BCUT2D eigenvalue weighted by atomic mass is 16.5. The molecule has 5 rings (SSSR count). The Labute approximate surface area is 234 Å². The quantitative estimate of drug-likeness (QED) is 0.570. The van der Waals surface area contributed by atoms with Crippen molar-refractivity contribution < 1.29 is 19.4 Å². The monoisotopic (exact) mass is 536 g/mol. The number of carbonyl (C=O) groups excluding carboxylic acids is 2. The van der Waals surface area contributed by atoms with Gasteiger partial charge in [-0.05, 0) is 73.2 Å². The molecule has 8 heteroatoms. The number of aliphatic hydroxyl groups excluding tert-OH is 1. The second-order valence-electron chi connectivity index (χ2n) is 9.91. The van der Waals surface area contributed by atoms with Crippen molar-refractivity contribution >= 4 is 23.6 Å². The Morgan fingerprint density at radius 3 is 2.23 bits per heavy atom. The Kier molecular flexibility index (Phi) is 8.93. The van der Waals surface area contributed by atoms with Crippen LogP contribution in [0.25, 0.3) is 0 Å². The van der Waals surface area contributed by atoms with Gasteiger partial charge in [0.05, 0.1) is 19.8 Å². The molecule has 3 aliphatic rings. The van der Waals surface area contributed by atoms with Crippen molar-refractivity contribution in [3.05, 3.63) is 76.7 Å². The van der Waals surface area contributed by atoms with E-state index in [1.165, 1.54) is 6.21 Å². The third-order valence-electron chi connectivity index (χ3n) is 7.33. The molecule has 8 nitrogen and oxygen atoms in total. The van der Waals surface area contributed by atoms with Crippen molar-refractivity contribution in [3.63, 3.8) is 0 Å². The third-order valence-corrected chi connectivity index (χ3v) is 7.33. The zero-order valence-electron chi connectivity index (χ0n) is 22.4. The first-order valence-corrected chi connectivity index (χ1v) is 13.6. The summed E-state index contributed by atoms with van der Waals surface area (Å²) in [6.45, 7) is 5.41. The van der Waals surface area contributed by atoms with Gasteiger partial charge in [-0.25, -0.2) is 0 Å². The molecule has 0 bridgehead atoms. The van der Waals surface area contributed by atoms with Crippen molar-refractivity contribution in [2.24, 2.45) is 4.99 Å². The van der Waals surface area contributed by atoms with Gasteiger partial charge >= 0.3 is 0 Å². The summed E-state index contributed by atoms with van der Waals surface area (Å²) in [5.74, 6) is 11.3. The fourth-order valence-electron chi connectivity index (χ4n) is 5.01. The van der Waals surface area contributed by atoms with Gasteiger partial charge in [0.25, 0.3) is 5.91 Å². The van der Waals surface area contributed by atoms with Crippen LogP contribution in [-0.4, -0.2) is 84.8 Å². The highest BCUT2D eigenvalue weighted by Crippen LogP contribution is 2.20. The van der Waals surface area contributed by atoms with E-state index in [4.69, 9.17) is 4.74 Å². The van der Waals surface area contributed by atoms with Crippen LogP contribution in [0.3, 0.4) is 0 Å². The average molecular weight is 537 g/mol. The molecule has 40 heavy (non-hydrogen) atoms. The number of amides is 1. The number of hydrogen-bond acceptors (Lipinski definition) is 7. The first-order chi connectivity index (χ1) is 19.6. The normalized spacial score (nSPS) is 18.0. The first-order valence-electron chi connectivity index (χ1n) is 13.6. The molecule has 2 aromatic carbocycles. The van der Waals surface area contributed by atoms with E-state index in [0.29, 0.717) is 17.3 Å². The zero-order chi connectivity index (χ0) is 27.7. The smallest absolute Gasteiger partial charge is 0.253 e. The predicted molar refractivity (Wildman–Crippen MR) is 154 cm³/mol. The van der Waals surface area contributed by atoms with Gasteiger partial charge in [0.2, 0.25) is 5.78 Å². The van der Waals surface area contributed by atoms with Crippen molar-refractivity contribution in [2.45, 2.75) is 25.3 Å². The van der Waals surface area contributed by atoms with Crippen LogP contribution in [-0.2, 0) is 9.53 Å². The van der Waals surface area contributed by atoms with Crippen LogP contribution in [0, 0.1) is 23.7 Å². The molecule has 2 saturated heterocycles. The summed E-state index contributed by atoms with van der Waals surface area (Å²) in [6, 6.07) is 15.4. The zero-order valence-corrected chi connectivity index (χ0v) is 22.4. The molecule has 1 amide bonds. The molecule has 0 saturated carbocycles. The number of aliphatic imine (C=N–C) groups is 1. The number of benzene rings is 2. The van der Waals surface area contributed by atoms with Crippen LogP contribution >= 0.6 is 0 Å². The molecule has 2 N–H and O–H groups in total. The van der Waals surface area contributed by atoms with Gasteiger partial charge in [-0.15, -0.1) is 0 Å². The second kappa shape index (κ2) is 13.1. The maximum Gasteiger partial charge on any atom is 0.253 e. The number of nitrogens with one attached hydrogen (secondary N) is 1. The largest absolute Gasteiger partial charge is 0.503 e.